The minimum absolute atomic E-state index is 0.271. The zero-order valence-electron chi connectivity index (χ0n) is 15.2. The third-order valence-electron chi connectivity index (χ3n) is 5.00. The Morgan fingerprint density at radius 3 is 2.56 bits per heavy atom. The van der Waals surface area contributed by atoms with Gasteiger partial charge < -0.3 is 15.1 Å². The van der Waals surface area contributed by atoms with Gasteiger partial charge in [0, 0.05) is 6.07 Å². The first kappa shape index (κ1) is 17.2. The van der Waals surface area contributed by atoms with E-state index in [1.165, 1.54) is 43.9 Å². The van der Waals surface area contributed by atoms with Crippen LogP contribution in [-0.4, -0.2) is 45.2 Å². The quantitative estimate of drug-likeness (QED) is 0.690. The smallest absolute Gasteiger partial charge is 0.288 e. The number of rotatable bonds is 4. The molecule has 1 fully saturated rings. The van der Waals surface area contributed by atoms with E-state index in [0.29, 0.717) is 17.6 Å². The summed E-state index contributed by atoms with van der Waals surface area (Å²) in [5.41, 5.74) is 3.46. The maximum absolute atomic E-state index is 6.91. The van der Waals surface area contributed by atoms with Crippen LogP contribution in [0.5, 0.6) is 0 Å². The molecule has 2 N–H and O–H groups in total. The van der Waals surface area contributed by atoms with Crippen molar-refractivity contribution in [3.8, 4) is 11.3 Å². The monoisotopic (exact) mass is 359 g/mol. The number of hydrogen-bond donors (Lipinski definition) is 2. The topological polar surface area (TPSA) is 74.1 Å². The van der Waals surface area contributed by atoms with Gasteiger partial charge in [-0.15, -0.1) is 4.98 Å². The highest BCUT2D eigenvalue weighted by molar-refractivity contribution is 5.65. The summed E-state index contributed by atoms with van der Waals surface area (Å²) in [5.74, 6) is 2.14. The van der Waals surface area contributed by atoms with Crippen molar-refractivity contribution in [2.75, 3.05) is 25.5 Å². The lowest BCUT2D eigenvalue weighted by atomic mass is 9.89. The zero-order chi connectivity index (χ0) is 18.6. The van der Waals surface area contributed by atoms with E-state index in [0.717, 1.165) is 11.3 Å². The molecule has 3 heterocycles. The average Bonchev–Trinajstić information content (AvgIpc) is 3.18. The van der Waals surface area contributed by atoms with Gasteiger partial charge in [0.1, 0.15) is 0 Å². The molecule has 1 aromatic carbocycles. The van der Waals surface area contributed by atoms with Crippen LogP contribution in [0.2, 0.25) is 0 Å². The van der Waals surface area contributed by atoms with Crippen molar-refractivity contribution >= 4 is 17.5 Å². The van der Waals surface area contributed by atoms with Crippen LogP contribution in [-0.2, 0) is 0 Å². The largest absolute Gasteiger partial charge is 0.359 e. The number of aromatic nitrogens is 4. The molecular weight excluding hydrogens is 338 g/mol. The first-order chi connectivity index (χ1) is 13.2. The number of nitrogens with one attached hydrogen (secondary N) is 2. The number of likely N-dealkylation sites (tertiary alicyclic amines) is 1. The molecule has 0 unspecified atom stereocenters. The van der Waals surface area contributed by atoms with Crippen LogP contribution >= 0.6 is 0 Å². The number of aromatic amines is 1. The van der Waals surface area contributed by atoms with E-state index in [4.69, 9.17) is 6.57 Å². The number of nitrogens with zero attached hydrogens (tertiary/aromatic N) is 5. The molecule has 0 bridgehead atoms. The molecule has 1 aliphatic rings. The maximum Gasteiger partial charge on any atom is 0.288 e. The predicted molar refractivity (Wildman–Crippen MR) is 105 cm³/mol. The molecule has 0 atom stereocenters. The third-order valence-corrected chi connectivity index (χ3v) is 5.00. The Morgan fingerprint density at radius 2 is 1.89 bits per heavy atom. The van der Waals surface area contributed by atoms with Gasteiger partial charge in [-0.3, -0.25) is 5.10 Å². The van der Waals surface area contributed by atoms with Gasteiger partial charge in [-0.05, 0) is 50.0 Å². The molecule has 7 nitrogen and oxygen atoms in total. The molecular formula is C20H21N7. The summed E-state index contributed by atoms with van der Waals surface area (Å²) >= 11 is 0. The van der Waals surface area contributed by atoms with Crippen molar-refractivity contribution in [2.45, 2.75) is 18.8 Å². The lowest BCUT2D eigenvalue weighted by Crippen LogP contribution is -2.29. The minimum Gasteiger partial charge on any atom is -0.359 e. The number of H-pyrrole nitrogens is 1. The van der Waals surface area contributed by atoms with Crippen molar-refractivity contribution < 1.29 is 0 Å². The molecule has 7 heteroatoms. The fourth-order valence-electron chi connectivity index (χ4n) is 3.39. The second kappa shape index (κ2) is 7.56. The van der Waals surface area contributed by atoms with Gasteiger partial charge in [0.25, 0.3) is 5.82 Å². The van der Waals surface area contributed by atoms with Gasteiger partial charge >= 0.3 is 0 Å². The first-order valence-electron chi connectivity index (χ1n) is 9.02. The molecule has 2 aromatic heterocycles. The Bertz CT molecular complexity index is 930. The Hall–Kier alpha value is -3.24. The maximum atomic E-state index is 6.91. The number of hydrogen-bond acceptors (Lipinski definition) is 5. The van der Waals surface area contributed by atoms with E-state index in [9.17, 15) is 0 Å². The van der Waals surface area contributed by atoms with Crippen LogP contribution in [0.1, 0.15) is 24.3 Å². The molecule has 0 aliphatic carbocycles. The molecule has 3 aromatic rings. The molecule has 4 rings (SSSR count). The Kier molecular flexibility index (Phi) is 4.81. The molecule has 0 saturated carbocycles. The summed E-state index contributed by atoms with van der Waals surface area (Å²) in [4.78, 5) is 13.8. The lowest BCUT2D eigenvalue weighted by Gasteiger charge is -2.29. The van der Waals surface area contributed by atoms with E-state index < -0.39 is 0 Å². The Morgan fingerprint density at radius 1 is 1.11 bits per heavy atom. The van der Waals surface area contributed by atoms with Crippen molar-refractivity contribution in [3.63, 3.8) is 0 Å². The van der Waals surface area contributed by atoms with Crippen LogP contribution in [0.3, 0.4) is 0 Å². The van der Waals surface area contributed by atoms with E-state index in [1.54, 1.807) is 0 Å². The molecule has 1 aliphatic heterocycles. The second-order valence-corrected chi connectivity index (χ2v) is 6.86. The minimum atomic E-state index is 0.271. The molecule has 0 radical (unpaired) electrons. The van der Waals surface area contributed by atoms with Crippen molar-refractivity contribution in [2.24, 2.45) is 0 Å². The highest BCUT2D eigenvalue weighted by atomic mass is 15.2. The second-order valence-electron chi connectivity index (χ2n) is 6.86. The summed E-state index contributed by atoms with van der Waals surface area (Å²) in [5, 5.41) is 10.4. The third kappa shape index (κ3) is 3.96. The summed E-state index contributed by atoms with van der Waals surface area (Å²) in [6.07, 6.45) is 5.41. The van der Waals surface area contributed by atoms with Gasteiger partial charge in [-0.2, -0.15) is 5.10 Å². The lowest BCUT2D eigenvalue weighted by molar-refractivity contribution is 0.255. The van der Waals surface area contributed by atoms with E-state index in [1.807, 2.05) is 6.07 Å². The number of benzene rings is 1. The number of piperidine rings is 1. The zero-order valence-corrected chi connectivity index (χ0v) is 15.2. The van der Waals surface area contributed by atoms with Crippen molar-refractivity contribution in [1.82, 2.24) is 25.1 Å². The molecule has 0 amide bonds. The summed E-state index contributed by atoms with van der Waals surface area (Å²) < 4.78 is 0. The van der Waals surface area contributed by atoms with Gasteiger partial charge in [0.15, 0.2) is 17.8 Å². The number of anilines is 2. The van der Waals surface area contributed by atoms with E-state index in [-0.39, 0.29) is 5.82 Å². The molecule has 27 heavy (non-hydrogen) atoms. The highest BCUT2D eigenvalue weighted by Crippen LogP contribution is 2.29. The van der Waals surface area contributed by atoms with Crippen molar-refractivity contribution in [3.05, 3.63) is 59.7 Å². The fraction of sp³-hybridized carbons (Fsp3) is 0.300. The van der Waals surface area contributed by atoms with Gasteiger partial charge in [0.2, 0.25) is 0 Å². The standard InChI is InChI=1S/C20H21N7/c1-21-19-12-23-20(13-22-19)24-18-11-17(25-26-18)16-5-3-14(4-6-16)15-7-9-27(2)10-8-15/h3-6,11-13,15H,7-10H2,2H3,(H2,23,24,25,26). The summed E-state index contributed by atoms with van der Waals surface area (Å²) in [6, 6.07) is 10.7. The highest BCUT2D eigenvalue weighted by Gasteiger charge is 2.18. The molecule has 136 valence electrons. The SMILES string of the molecule is [C-]#[N+]c1cnc(Nc2cc(-c3ccc(C4CCN(C)CC4)cc3)[nH]n2)cn1. The molecule has 0 spiro atoms. The van der Waals surface area contributed by atoms with Gasteiger partial charge in [-0.1, -0.05) is 30.8 Å². The fourth-order valence-corrected chi connectivity index (χ4v) is 3.39. The van der Waals surface area contributed by atoms with Crippen LogP contribution in [0.4, 0.5) is 17.5 Å². The van der Waals surface area contributed by atoms with Crippen LogP contribution in [0, 0.1) is 6.57 Å². The van der Waals surface area contributed by atoms with Gasteiger partial charge in [0.05, 0.1) is 11.9 Å². The predicted octanol–water partition coefficient (Wildman–Crippen LogP) is 3.97. The van der Waals surface area contributed by atoms with E-state index >= 15 is 0 Å². The summed E-state index contributed by atoms with van der Waals surface area (Å²) in [6.45, 7) is 9.24. The van der Waals surface area contributed by atoms with Crippen molar-refractivity contribution in [1.29, 1.82) is 0 Å². The summed E-state index contributed by atoms with van der Waals surface area (Å²) in [7, 11) is 2.19. The average molecular weight is 359 g/mol. The molecule has 1 saturated heterocycles. The van der Waals surface area contributed by atoms with Crippen LogP contribution in [0.15, 0.2) is 42.7 Å². The van der Waals surface area contributed by atoms with Crippen LogP contribution in [0.25, 0.3) is 16.1 Å². The normalized spacial score (nSPS) is 15.4. The Labute approximate surface area is 158 Å². The Balaban J connectivity index is 1.44. The van der Waals surface area contributed by atoms with Crippen LogP contribution < -0.4 is 5.32 Å². The van der Waals surface area contributed by atoms with Gasteiger partial charge in [-0.25, -0.2) is 4.98 Å². The first-order valence-corrected chi connectivity index (χ1v) is 9.02. The van der Waals surface area contributed by atoms with E-state index in [2.05, 4.69) is 66.5 Å².